The number of urea groups is 1. The van der Waals surface area contributed by atoms with E-state index in [4.69, 9.17) is 4.74 Å². The molecule has 0 spiro atoms. The van der Waals surface area contributed by atoms with E-state index in [2.05, 4.69) is 15.6 Å². The summed E-state index contributed by atoms with van der Waals surface area (Å²) >= 11 is 1.36. The van der Waals surface area contributed by atoms with Gasteiger partial charge in [-0.25, -0.2) is 9.78 Å². The molecule has 126 valence electrons. The Kier molecular flexibility index (Phi) is 4.66. The molecule has 0 saturated carbocycles. The number of anilines is 2. The topological polar surface area (TPSA) is 83.6 Å². The number of hydrogen-bond acceptors (Lipinski definition) is 5. The molecule has 1 aromatic heterocycles. The smallest absolute Gasteiger partial charge is 0.321 e. The fourth-order valence-electron chi connectivity index (χ4n) is 2.56. The molecule has 3 amide bonds. The van der Waals surface area contributed by atoms with Crippen LogP contribution in [0.4, 0.5) is 15.6 Å². The lowest BCUT2D eigenvalue weighted by Gasteiger charge is -2.18. The molecule has 1 fully saturated rings. The quantitative estimate of drug-likeness (QED) is 0.890. The Morgan fingerprint density at radius 1 is 1.46 bits per heavy atom. The molecule has 0 radical (unpaired) electrons. The first-order valence-electron chi connectivity index (χ1n) is 7.49. The summed E-state index contributed by atoms with van der Waals surface area (Å²) in [7, 11) is 1.58. The number of ether oxygens (including phenoxy) is 1. The molecule has 1 atom stereocenters. The van der Waals surface area contributed by atoms with Crippen molar-refractivity contribution < 1.29 is 14.3 Å². The zero-order valence-corrected chi connectivity index (χ0v) is 14.2. The summed E-state index contributed by atoms with van der Waals surface area (Å²) in [6.07, 6.45) is 0.265. The molecule has 1 unspecified atom stereocenters. The Balaban J connectivity index is 1.60. The molecule has 2 aromatic rings. The van der Waals surface area contributed by atoms with E-state index >= 15 is 0 Å². The first kappa shape index (κ1) is 16.3. The monoisotopic (exact) mass is 346 g/mol. The van der Waals surface area contributed by atoms with Crippen LogP contribution in [0.25, 0.3) is 0 Å². The molecular weight excluding hydrogens is 328 g/mol. The van der Waals surface area contributed by atoms with Crippen molar-refractivity contribution in [2.24, 2.45) is 0 Å². The number of nitrogens with zero attached hydrogens (tertiary/aromatic N) is 2. The Labute approximate surface area is 143 Å². The summed E-state index contributed by atoms with van der Waals surface area (Å²) in [6.45, 7) is 2.29. The van der Waals surface area contributed by atoms with Gasteiger partial charge in [-0.1, -0.05) is 6.07 Å². The average Bonchev–Trinajstić information content (AvgIpc) is 3.12. The second kappa shape index (κ2) is 6.88. The highest BCUT2D eigenvalue weighted by molar-refractivity contribution is 7.13. The zero-order chi connectivity index (χ0) is 17.1. The van der Waals surface area contributed by atoms with Gasteiger partial charge in [0.15, 0.2) is 5.13 Å². The van der Waals surface area contributed by atoms with E-state index in [1.54, 1.807) is 18.1 Å². The van der Waals surface area contributed by atoms with Gasteiger partial charge in [0.1, 0.15) is 5.75 Å². The molecule has 8 heteroatoms. The lowest BCUT2D eigenvalue weighted by Crippen LogP contribution is -2.39. The van der Waals surface area contributed by atoms with Gasteiger partial charge >= 0.3 is 6.03 Å². The van der Waals surface area contributed by atoms with Crippen molar-refractivity contribution in [1.29, 1.82) is 0 Å². The SMILES string of the molecule is COc1cccc(N2CC(NC(=O)Nc3nc(C)cs3)CC2=O)c1. The minimum Gasteiger partial charge on any atom is -0.497 e. The van der Waals surface area contributed by atoms with E-state index in [1.165, 1.54) is 11.3 Å². The Bertz CT molecular complexity index is 761. The first-order valence-corrected chi connectivity index (χ1v) is 8.37. The minimum atomic E-state index is -0.352. The van der Waals surface area contributed by atoms with E-state index in [9.17, 15) is 9.59 Å². The minimum absolute atomic E-state index is 0.0290. The van der Waals surface area contributed by atoms with Gasteiger partial charge in [0, 0.05) is 30.1 Å². The third-order valence-electron chi connectivity index (χ3n) is 3.66. The van der Waals surface area contributed by atoms with E-state index in [1.807, 2.05) is 30.5 Å². The van der Waals surface area contributed by atoms with Gasteiger partial charge < -0.3 is 15.0 Å². The van der Waals surface area contributed by atoms with Gasteiger partial charge in [-0.15, -0.1) is 11.3 Å². The fraction of sp³-hybridized carbons (Fsp3) is 0.312. The number of benzene rings is 1. The normalized spacial score (nSPS) is 17.0. The summed E-state index contributed by atoms with van der Waals surface area (Å²) < 4.78 is 5.19. The molecule has 7 nitrogen and oxygen atoms in total. The molecule has 1 aliphatic rings. The van der Waals surface area contributed by atoms with E-state index in [-0.39, 0.29) is 24.4 Å². The highest BCUT2D eigenvalue weighted by Crippen LogP contribution is 2.25. The number of amides is 3. The highest BCUT2D eigenvalue weighted by atomic mass is 32.1. The lowest BCUT2D eigenvalue weighted by molar-refractivity contribution is -0.117. The van der Waals surface area contributed by atoms with Crippen LogP contribution in [-0.2, 0) is 4.79 Å². The van der Waals surface area contributed by atoms with Crippen molar-refractivity contribution in [3.63, 3.8) is 0 Å². The van der Waals surface area contributed by atoms with Crippen LogP contribution in [0.3, 0.4) is 0 Å². The van der Waals surface area contributed by atoms with Crippen LogP contribution >= 0.6 is 11.3 Å². The van der Waals surface area contributed by atoms with Gasteiger partial charge in [0.25, 0.3) is 0 Å². The van der Waals surface area contributed by atoms with Crippen molar-refractivity contribution in [2.45, 2.75) is 19.4 Å². The van der Waals surface area contributed by atoms with Crippen LogP contribution in [0.15, 0.2) is 29.6 Å². The summed E-state index contributed by atoms with van der Waals surface area (Å²) in [4.78, 5) is 30.1. The number of nitrogens with one attached hydrogen (secondary N) is 2. The number of thiazole rings is 1. The molecule has 0 bridgehead atoms. The summed E-state index contributed by atoms with van der Waals surface area (Å²) in [5, 5.41) is 7.90. The van der Waals surface area contributed by atoms with Crippen LogP contribution in [0.5, 0.6) is 5.75 Å². The van der Waals surface area contributed by atoms with Crippen molar-refractivity contribution >= 4 is 34.1 Å². The Morgan fingerprint density at radius 2 is 2.29 bits per heavy atom. The molecule has 1 aliphatic heterocycles. The Morgan fingerprint density at radius 3 is 3.00 bits per heavy atom. The third-order valence-corrected chi connectivity index (χ3v) is 4.54. The van der Waals surface area contributed by atoms with Crippen LogP contribution in [0.2, 0.25) is 0 Å². The molecule has 1 saturated heterocycles. The standard InChI is InChI=1S/C16H18N4O3S/c1-10-9-24-16(17-10)19-15(22)18-11-6-14(21)20(8-11)12-4-3-5-13(7-12)23-2/h3-5,7,9,11H,6,8H2,1-2H3,(H2,17,18,19,22). The second-order valence-corrected chi connectivity index (χ2v) is 6.36. The summed E-state index contributed by atoms with van der Waals surface area (Å²) in [5.41, 5.74) is 1.62. The molecule has 2 N–H and O–H groups in total. The van der Waals surface area contributed by atoms with Gasteiger partial charge in [-0.2, -0.15) is 0 Å². The molecule has 2 heterocycles. The maximum Gasteiger partial charge on any atom is 0.321 e. The number of aryl methyl sites for hydroxylation is 1. The maximum absolute atomic E-state index is 12.2. The highest BCUT2D eigenvalue weighted by Gasteiger charge is 2.31. The van der Waals surface area contributed by atoms with Crippen LogP contribution < -0.4 is 20.3 Å². The maximum atomic E-state index is 12.2. The second-order valence-electron chi connectivity index (χ2n) is 5.50. The van der Waals surface area contributed by atoms with Crippen molar-refractivity contribution in [2.75, 3.05) is 23.9 Å². The van der Waals surface area contributed by atoms with E-state index < -0.39 is 0 Å². The largest absolute Gasteiger partial charge is 0.497 e. The Hall–Kier alpha value is -2.61. The van der Waals surface area contributed by atoms with Crippen LogP contribution in [0.1, 0.15) is 12.1 Å². The number of hydrogen-bond donors (Lipinski definition) is 2. The van der Waals surface area contributed by atoms with Gasteiger partial charge in [-0.05, 0) is 19.1 Å². The fourth-order valence-corrected chi connectivity index (χ4v) is 3.25. The number of rotatable bonds is 4. The summed E-state index contributed by atoms with van der Waals surface area (Å²) in [5.74, 6) is 0.659. The van der Waals surface area contributed by atoms with Gasteiger partial charge in [0.2, 0.25) is 5.91 Å². The molecule has 3 rings (SSSR count). The van der Waals surface area contributed by atoms with Crippen molar-refractivity contribution in [3.8, 4) is 5.75 Å². The molecule has 24 heavy (non-hydrogen) atoms. The van der Waals surface area contributed by atoms with Crippen LogP contribution in [-0.4, -0.2) is 36.6 Å². The molecule has 0 aliphatic carbocycles. The number of carbonyl (C=O) groups excluding carboxylic acids is 2. The first-order chi connectivity index (χ1) is 11.5. The zero-order valence-electron chi connectivity index (χ0n) is 13.4. The summed E-state index contributed by atoms with van der Waals surface area (Å²) in [6, 6.07) is 6.71. The average molecular weight is 346 g/mol. The lowest BCUT2D eigenvalue weighted by atomic mass is 10.2. The van der Waals surface area contributed by atoms with Crippen LogP contribution in [0, 0.1) is 6.92 Å². The number of carbonyl (C=O) groups is 2. The van der Waals surface area contributed by atoms with Gasteiger partial charge in [0.05, 0.1) is 18.8 Å². The number of aromatic nitrogens is 1. The molecule has 1 aromatic carbocycles. The van der Waals surface area contributed by atoms with Crippen molar-refractivity contribution in [1.82, 2.24) is 10.3 Å². The predicted molar refractivity (Wildman–Crippen MR) is 92.8 cm³/mol. The van der Waals surface area contributed by atoms with E-state index in [0.29, 0.717) is 17.4 Å². The predicted octanol–water partition coefficient (Wildman–Crippen LogP) is 2.39. The van der Waals surface area contributed by atoms with E-state index in [0.717, 1.165) is 11.4 Å². The molecular formula is C16H18N4O3S. The van der Waals surface area contributed by atoms with Crippen molar-refractivity contribution in [3.05, 3.63) is 35.3 Å². The third kappa shape index (κ3) is 3.65. The number of methoxy groups -OCH3 is 1. The van der Waals surface area contributed by atoms with Gasteiger partial charge in [-0.3, -0.25) is 10.1 Å².